The lowest BCUT2D eigenvalue weighted by Crippen LogP contribution is -2.38. The van der Waals surface area contributed by atoms with Crippen LogP contribution in [0.1, 0.15) is 66.9 Å². The van der Waals surface area contributed by atoms with Crippen molar-refractivity contribution < 1.29 is 32.1 Å². The number of aromatic nitrogens is 5. The van der Waals surface area contributed by atoms with Gasteiger partial charge in [0.2, 0.25) is 22.2 Å². The Morgan fingerprint density at radius 1 is 0.469 bits per heavy atom. The number of benzene rings is 6. The van der Waals surface area contributed by atoms with Gasteiger partial charge in [-0.05, 0) is 143 Å². The lowest BCUT2D eigenvalue weighted by atomic mass is 10.00. The van der Waals surface area contributed by atoms with Gasteiger partial charge in [0.1, 0.15) is 49.4 Å². The van der Waals surface area contributed by atoms with E-state index in [4.69, 9.17) is 18.9 Å². The van der Waals surface area contributed by atoms with Crippen LogP contribution in [0, 0.1) is 0 Å². The molecule has 15 rings (SSSR count). The molecule has 21 heteroatoms. The molecule has 0 amide bonds. The molecule has 0 atom stereocenters. The van der Waals surface area contributed by atoms with Crippen LogP contribution in [0.5, 0.6) is 23.0 Å². The number of anilines is 4. The van der Waals surface area contributed by atoms with E-state index in [1.54, 1.807) is 30.5 Å². The molecular weight excluding hydrogens is 1290 g/mol. The SMILES string of the molecule is CC(C)N1CCOc2cc3c(-c4ccc(Br)cc4)cc(=O)[nH]c3cc21.CC(C)N1CCOc2cc3c(-c4ccccn4)cc(=O)[nH]c3cc21.CC(C)N1CCOc2cc3c(C(F)(F)F)cc(=O)[nH]c3cc21.CCCCN1CCOc2cc3c(-c4ccccc4)cc(=O)[nH]c3cc21. The van der Waals surface area contributed by atoms with E-state index in [2.05, 4.69) is 102 Å². The number of ether oxygens (including phenoxy) is 4. The fourth-order valence-electron chi connectivity index (χ4n) is 12.9. The molecule has 5 aromatic heterocycles. The predicted octanol–water partition coefficient (Wildman–Crippen LogP) is 15.1. The first-order valence-corrected chi connectivity index (χ1v) is 33.2. The summed E-state index contributed by atoms with van der Waals surface area (Å²) in [5.41, 5.74) is 9.98. The van der Waals surface area contributed by atoms with E-state index in [1.807, 2.05) is 116 Å². The molecule has 4 aliphatic rings. The first-order chi connectivity index (χ1) is 46.2. The summed E-state index contributed by atoms with van der Waals surface area (Å²) >= 11 is 3.46. The third-order valence-electron chi connectivity index (χ3n) is 17.5. The minimum absolute atomic E-state index is 0.0588. The number of unbranched alkanes of at least 4 members (excludes halogenated alkanes) is 1. The fourth-order valence-corrected chi connectivity index (χ4v) is 13.1. The maximum absolute atomic E-state index is 13.1. The predicted molar refractivity (Wildman–Crippen MR) is 382 cm³/mol. The molecule has 4 aliphatic heterocycles. The van der Waals surface area contributed by atoms with E-state index in [9.17, 15) is 32.3 Å². The minimum atomic E-state index is -4.59. The molecule has 0 bridgehead atoms. The van der Waals surface area contributed by atoms with Gasteiger partial charge in [-0.2, -0.15) is 13.2 Å². The summed E-state index contributed by atoms with van der Waals surface area (Å²) in [6.07, 6.45) is -0.543. The molecule has 9 heterocycles. The Morgan fingerprint density at radius 3 is 1.31 bits per heavy atom. The van der Waals surface area contributed by atoms with Gasteiger partial charge >= 0.3 is 6.18 Å². The average molecular weight is 1370 g/mol. The number of rotatable bonds is 9. The molecule has 4 N–H and O–H groups in total. The van der Waals surface area contributed by atoms with Gasteiger partial charge in [-0.3, -0.25) is 24.2 Å². The van der Waals surface area contributed by atoms with E-state index in [0.717, 1.165) is 144 Å². The van der Waals surface area contributed by atoms with Crippen molar-refractivity contribution in [2.45, 2.75) is 85.6 Å². The number of nitrogens with one attached hydrogen (secondary N) is 4. The molecule has 0 unspecified atom stereocenters. The first-order valence-electron chi connectivity index (χ1n) is 32.4. The third kappa shape index (κ3) is 14.2. The molecule has 6 aromatic carbocycles. The van der Waals surface area contributed by atoms with Crippen LogP contribution in [-0.2, 0) is 6.18 Å². The Labute approximate surface area is 560 Å². The molecule has 0 spiro atoms. The number of pyridine rings is 5. The fraction of sp³-hybridized carbons (Fsp3) is 0.293. The highest BCUT2D eigenvalue weighted by Gasteiger charge is 2.35. The van der Waals surface area contributed by atoms with Crippen LogP contribution in [0.15, 0.2) is 175 Å². The maximum atomic E-state index is 13.1. The number of nitrogens with zero attached hydrogens (tertiary/aromatic N) is 5. The van der Waals surface area contributed by atoms with Crippen molar-refractivity contribution in [1.82, 2.24) is 24.9 Å². The monoisotopic (exact) mass is 1370 g/mol. The molecule has 0 fully saturated rings. The van der Waals surface area contributed by atoms with E-state index in [1.165, 1.54) is 6.07 Å². The minimum Gasteiger partial charge on any atom is -0.490 e. The van der Waals surface area contributed by atoms with Gasteiger partial charge in [0.05, 0.1) is 82.3 Å². The zero-order valence-corrected chi connectivity index (χ0v) is 56.0. The molecule has 496 valence electrons. The van der Waals surface area contributed by atoms with Gasteiger partial charge in [0.25, 0.3) is 0 Å². The normalized spacial score (nSPS) is 14.1. The van der Waals surface area contributed by atoms with Gasteiger partial charge in [0, 0.05) is 86.7 Å². The quantitative estimate of drug-likeness (QED) is 0.107. The second-order valence-electron chi connectivity index (χ2n) is 24.8. The van der Waals surface area contributed by atoms with Gasteiger partial charge in [-0.15, -0.1) is 0 Å². The van der Waals surface area contributed by atoms with Gasteiger partial charge in [-0.25, -0.2) is 0 Å². The highest BCUT2D eigenvalue weighted by molar-refractivity contribution is 9.10. The van der Waals surface area contributed by atoms with Crippen LogP contribution in [0.4, 0.5) is 35.9 Å². The number of fused-ring (bicyclic) bond motifs is 8. The molecule has 96 heavy (non-hydrogen) atoms. The average Bonchev–Trinajstić information content (AvgIpc) is 0.793. The lowest BCUT2D eigenvalue weighted by Gasteiger charge is -2.34. The Hall–Kier alpha value is -10.0. The third-order valence-corrected chi connectivity index (χ3v) is 18.0. The summed E-state index contributed by atoms with van der Waals surface area (Å²) in [5, 5.41) is 2.89. The van der Waals surface area contributed by atoms with Crippen molar-refractivity contribution in [3.8, 4) is 56.5 Å². The van der Waals surface area contributed by atoms with Crippen molar-refractivity contribution in [3.05, 3.63) is 203 Å². The van der Waals surface area contributed by atoms with Crippen molar-refractivity contribution in [3.63, 3.8) is 0 Å². The van der Waals surface area contributed by atoms with Gasteiger partial charge in [-0.1, -0.05) is 77.8 Å². The van der Waals surface area contributed by atoms with Crippen molar-refractivity contribution in [2.75, 3.05) is 78.8 Å². The zero-order valence-electron chi connectivity index (χ0n) is 54.5. The molecule has 17 nitrogen and oxygen atoms in total. The second-order valence-corrected chi connectivity index (χ2v) is 25.7. The molecule has 11 aromatic rings. The van der Waals surface area contributed by atoms with Crippen LogP contribution in [0.2, 0.25) is 0 Å². The number of halogens is 4. The summed E-state index contributed by atoms with van der Waals surface area (Å²) in [4.78, 5) is 72.9. The number of alkyl halides is 3. The number of hydrogen-bond acceptors (Lipinski definition) is 13. The highest BCUT2D eigenvalue weighted by atomic mass is 79.9. The summed E-state index contributed by atoms with van der Waals surface area (Å²) in [6, 6.07) is 45.3. The maximum Gasteiger partial charge on any atom is 0.417 e. The summed E-state index contributed by atoms with van der Waals surface area (Å²) < 4.78 is 63.6. The Balaban J connectivity index is 0.000000122. The molecule has 0 radical (unpaired) electrons. The van der Waals surface area contributed by atoms with Crippen LogP contribution in [-0.4, -0.2) is 102 Å². The summed E-state index contributed by atoms with van der Waals surface area (Å²) in [5.74, 6) is 3.04. The second kappa shape index (κ2) is 28.1. The van der Waals surface area contributed by atoms with Crippen LogP contribution in [0.3, 0.4) is 0 Å². The molecule has 0 aliphatic carbocycles. The summed E-state index contributed by atoms with van der Waals surface area (Å²) in [7, 11) is 0. The number of H-pyrrole nitrogens is 4. The van der Waals surface area contributed by atoms with E-state index in [0.29, 0.717) is 62.6 Å². The largest absolute Gasteiger partial charge is 0.490 e. The lowest BCUT2D eigenvalue weighted by molar-refractivity contribution is -0.136. The van der Waals surface area contributed by atoms with Crippen molar-refractivity contribution >= 4 is 82.3 Å². The van der Waals surface area contributed by atoms with Gasteiger partial charge < -0.3 is 58.5 Å². The van der Waals surface area contributed by atoms with Crippen molar-refractivity contribution in [2.24, 2.45) is 0 Å². The van der Waals surface area contributed by atoms with Crippen molar-refractivity contribution in [1.29, 1.82) is 0 Å². The van der Waals surface area contributed by atoms with Crippen LogP contribution < -0.4 is 60.8 Å². The Bertz CT molecular complexity index is 4910. The molecular formula is C75H75BrF3N9O8. The van der Waals surface area contributed by atoms with E-state index < -0.39 is 17.3 Å². The smallest absolute Gasteiger partial charge is 0.417 e. The topological polar surface area (TPSA) is 194 Å². The Morgan fingerprint density at radius 2 is 0.865 bits per heavy atom. The highest BCUT2D eigenvalue weighted by Crippen LogP contribution is 2.44. The standard InChI is InChI=1S/C21H22N2O2.C20H19BrN2O2.C19H19N3O2.C15H15F3N2O2/c1-2-3-9-23-10-11-25-20-12-17-16(15-7-5-4-6-8-15)13-21(24)22-18(17)14-19(20)23;1-12(2)23-7-8-25-19-9-16-15(13-3-5-14(21)6-4-13)10-20(24)22-17(16)11-18(19)23;1-12(2)22-7-8-24-18-9-13-14(15-5-3-4-6-20-15)10-19(23)21-16(13)11-17(18)22;1-8(2)20-3-4-22-13-5-9-10(15(16,17)18)6-14(21)19-11(9)7-12(13)20/h4-8,12-14H,2-3,9-11H2,1H3,(H,22,24);3-6,9-12H,7-8H2,1-2H3,(H,22,24);3-6,9-12H,7-8H2,1-2H3,(H,21,23);5-8H,3-4H2,1-2H3,(H,19,21). The number of aromatic amines is 4. The zero-order chi connectivity index (χ0) is 67.5. The van der Waals surface area contributed by atoms with E-state index >= 15 is 0 Å². The van der Waals surface area contributed by atoms with Gasteiger partial charge in [0.15, 0.2) is 0 Å². The molecule has 0 saturated heterocycles. The Kier molecular flexibility index (Phi) is 19.3. The number of hydrogen-bond donors (Lipinski definition) is 4. The molecule has 0 saturated carbocycles. The summed E-state index contributed by atoms with van der Waals surface area (Å²) in [6.45, 7) is 21.6. The van der Waals surface area contributed by atoms with Crippen LogP contribution >= 0.6 is 15.9 Å². The van der Waals surface area contributed by atoms with Crippen LogP contribution in [0.25, 0.3) is 77.1 Å². The first kappa shape index (κ1) is 66.0. The van der Waals surface area contributed by atoms with E-state index in [-0.39, 0.29) is 33.6 Å².